The van der Waals surface area contributed by atoms with Crippen LogP contribution in [-0.4, -0.2) is 6.04 Å². The van der Waals surface area contributed by atoms with Gasteiger partial charge in [0.05, 0.1) is 0 Å². The van der Waals surface area contributed by atoms with E-state index < -0.39 is 11.6 Å². The maximum absolute atomic E-state index is 13.7. The molecule has 3 rings (SSSR count). The zero-order valence-corrected chi connectivity index (χ0v) is 11.8. The van der Waals surface area contributed by atoms with Crippen molar-refractivity contribution in [2.45, 2.75) is 32.4 Å². The van der Waals surface area contributed by atoms with Gasteiger partial charge in [-0.3, -0.25) is 0 Å². The fourth-order valence-electron chi connectivity index (χ4n) is 2.16. The normalized spacial score (nSPS) is 14.2. The molecule has 0 spiro atoms. The highest BCUT2D eigenvalue weighted by molar-refractivity contribution is 5.40. The molecule has 0 aliphatic heterocycles. The number of benzene rings is 2. The molecule has 21 heavy (non-hydrogen) atoms. The van der Waals surface area contributed by atoms with Crippen molar-refractivity contribution in [3.63, 3.8) is 0 Å². The maximum Gasteiger partial charge on any atom is 0.168 e. The third-order valence-corrected chi connectivity index (χ3v) is 3.49. The summed E-state index contributed by atoms with van der Waals surface area (Å²) in [4.78, 5) is 0. The molecular formula is C17H17F2NO. The molecule has 0 aromatic heterocycles. The van der Waals surface area contributed by atoms with Crippen molar-refractivity contribution in [3.05, 3.63) is 59.2 Å². The summed E-state index contributed by atoms with van der Waals surface area (Å²) in [5.41, 5.74) is 2.10. The summed E-state index contributed by atoms with van der Waals surface area (Å²) in [7, 11) is 0. The van der Waals surface area contributed by atoms with Gasteiger partial charge >= 0.3 is 0 Å². The van der Waals surface area contributed by atoms with E-state index in [4.69, 9.17) is 4.74 Å². The first-order chi connectivity index (χ1) is 10.1. The molecule has 0 bridgehead atoms. The van der Waals surface area contributed by atoms with Gasteiger partial charge in [0.1, 0.15) is 11.6 Å². The van der Waals surface area contributed by atoms with E-state index in [0.717, 1.165) is 17.2 Å². The van der Waals surface area contributed by atoms with Crippen molar-refractivity contribution in [2.75, 3.05) is 0 Å². The largest absolute Gasteiger partial charge is 0.454 e. The molecule has 2 nitrogen and oxygen atoms in total. The van der Waals surface area contributed by atoms with E-state index in [-0.39, 0.29) is 5.75 Å². The Labute approximate surface area is 122 Å². The molecule has 0 saturated heterocycles. The van der Waals surface area contributed by atoms with Gasteiger partial charge in [-0.05, 0) is 38.0 Å². The standard InChI is InChI=1S/C17H17F2NO/c1-11-2-6-16(12(8-11)10-20-14-4-5-14)21-17-7-3-13(18)9-15(17)19/h2-3,6-9,14,20H,4-5,10H2,1H3. The van der Waals surface area contributed by atoms with E-state index in [1.54, 1.807) is 0 Å². The zero-order chi connectivity index (χ0) is 14.8. The molecule has 4 heteroatoms. The number of nitrogens with one attached hydrogen (secondary N) is 1. The summed E-state index contributed by atoms with van der Waals surface area (Å²) in [6.45, 7) is 2.69. The monoisotopic (exact) mass is 289 g/mol. The van der Waals surface area contributed by atoms with E-state index >= 15 is 0 Å². The van der Waals surface area contributed by atoms with Gasteiger partial charge in [0.25, 0.3) is 0 Å². The highest BCUT2D eigenvalue weighted by Crippen LogP contribution is 2.29. The molecule has 0 amide bonds. The van der Waals surface area contributed by atoms with Gasteiger partial charge in [0, 0.05) is 24.2 Å². The Morgan fingerprint density at radius 2 is 1.86 bits per heavy atom. The van der Waals surface area contributed by atoms with Gasteiger partial charge in [-0.15, -0.1) is 0 Å². The van der Waals surface area contributed by atoms with Crippen molar-refractivity contribution in [1.82, 2.24) is 5.32 Å². The fraction of sp³-hybridized carbons (Fsp3) is 0.294. The summed E-state index contributed by atoms with van der Waals surface area (Å²) in [5, 5.41) is 3.42. The van der Waals surface area contributed by atoms with E-state index in [1.165, 1.54) is 25.0 Å². The van der Waals surface area contributed by atoms with Crippen LogP contribution in [0.5, 0.6) is 11.5 Å². The highest BCUT2D eigenvalue weighted by Gasteiger charge is 2.21. The molecule has 0 unspecified atom stereocenters. The number of hydrogen-bond donors (Lipinski definition) is 1. The summed E-state index contributed by atoms with van der Waals surface area (Å²) in [6.07, 6.45) is 2.41. The third kappa shape index (κ3) is 3.58. The van der Waals surface area contributed by atoms with Crippen LogP contribution in [0.3, 0.4) is 0 Å². The Kier molecular flexibility index (Phi) is 3.88. The lowest BCUT2D eigenvalue weighted by atomic mass is 10.1. The Morgan fingerprint density at radius 1 is 1.10 bits per heavy atom. The minimum atomic E-state index is -0.698. The van der Waals surface area contributed by atoms with E-state index in [1.807, 2.05) is 25.1 Å². The van der Waals surface area contributed by atoms with Crippen molar-refractivity contribution in [2.24, 2.45) is 0 Å². The van der Waals surface area contributed by atoms with Gasteiger partial charge < -0.3 is 10.1 Å². The smallest absolute Gasteiger partial charge is 0.168 e. The van der Waals surface area contributed by atoms with Crippen LogP contribution in [0, 0.1) is 18.6 Å². The molecule has 1 aliphatic carbocycles. The average molecular weight is 289 g/mol. The van der Waals surface area contributed by atoms with Gasteiger partial charge in [-0.25, -0.2) is 8.78 Å². The molecule has 0 heterocycles. The molecule has 110 valence electrons. The van der Waals surface area contributed by atoms with Crippen LogP contribution in [0.2, 0.25) is 0 Å². The second-order valence-corrected chi connectivity index (χ2v) is 5.44. The number of halogens is 2. The molecule has 1 aliphatic rings. The maximum atomic E-state index is 13.7. The average Bonchev–Trinajstić information content (AvgIpc) is 3.26. The van der Waals surface area contributed by atoms with E-state index in [9.17, 15) is 8.78 Å². The first-order valence-corrected chi connectivity index (χ1v) is 7.07. The van der Waals surface area contributed by atoms with Crippen LogP contribution >= 0.6 is 0 Å². The predicted octanol–water partition coefficient (Wildman–Crippen LogP) is 4.32. The minimum Gasteiger partial charge on any atom is -0.454 e. The fourth-order valence-corrected chi connectivity index (χ4v) is 2.16. The third-order valence-electron chi connectivity index (χ3n) is 3.49. The van der Waals surface area contributed by atoms with Gasteiger partial charge in [-0.1, -0.05) is 17.7 Å². The van der Waals surface area contributed by atoms with Crippen molar-refractivity contribution >= 4 is 0 Å². The SMILES string of the molecule is Cc1ccc(Oc2ccc(F)cc2F)c(CNC2CC2)c1. The van der Waals surface area contributed by atoms with Crippen molar-refractivity contribution in [3.8, 4) is 11.5 Å². The van der Waals surface area contributed by atoms with Crippen LogP contribution in [-0.2, 0) is 6.54 Å². The molecule has 2 aromatic carbocycles. The summed E-state index contributed by atoms with van der Waals surface area (Å²) in [6, 6.07) is 9.66. The number of ether oxygens (including phenoxy) is 1. The van der Waals surface area contributed by atoms with E-state index in [2.05, 4.69) is 5.32 Å². The molecule has 1 fully saturated rings. The minimum absolute atomic E-state index is 0.0351. The molecule has 1 saturated carbocycles. The predicted molar refractivity (Wildman–Crippen MR) is 77.5 cm³/mol. The van der Waals surface area contributed by atoms with Crippen LogP contribution in [0.15, 0.2) is 36.4 Å². The zero-order valence-electron chi connectivity index (χ0n) is 11.8. The number of aryl methyl sites for hydroxylation is 1. The van der Waals surface area contributed by atoms with Crippen molar-refractivity contribution < 1.29 is 13.5 Å². The van der Waals surface area contributed by atoms with Crippen LogP contribution in [0.4, 0.5) is 8.78 Å². The lowest BCUT2D eigenvalue weighted by molar-refractivity contribution is 0.431. The quantitative estimate of drug-likeness (QED) is 0.885. The Morgan fingerprint density at radius 3 is 2.57 bits per heavy atom. The Bertz CT molecular complexity index is 653. The topological polar surface area (TPSA) is 21.3 Å². The van der Waals surface area contributed by atoms with Crippen LogP contribution in [0.1, 0.15) is 24.0 Å². The highest BCUT2D eigenvalue weighted by atomic mass is 19.1. The second kappa shape index (κ2) is 5.82. The lowest BCUT2D eigenvalue weighted by Gasteiger charge is -2.13. The first-order valence-electron chi connectivity index (χ1n) is 7.07. The first kappa shape index (κ1) is 14.0. The Balaban J connectivity index is 1.82. The van der Waals surface area contributed by atoms with Crippen LogP contribution in [0.25, 0.3) is 0 Å². The molecule has 0 atom stereocenters. The molecule has 2 aromatic rings. The summed E-state index contributed by atoms with van der Waals surface area (Å²) >= 11 is 0. The second-order valence-electron chi connectivity index (χ2n) is 5.44. The molecule has 1 N–H and O–H groups in total. The number of rotatable bonds is 5. The van der Waals surface area contributed by atoms with Crippen LogP contribution < -0.4 is 10.1 Å². The molecular weight excluding hydrogens is 272 g/mol. The van der Waals surface area contributed by atoms with Crippen molar-refractivity contribution in [1.29, 1.82) is 0 Å². The van der Waals surface area contributed by atoms with Gasteiger partial charge in [0.15, 0.2) is 11.6 Å². The van der Waals surface area contributed by atoms with E-state index in [0.29, 0.717) is 18.3 Å². The lowest BCUT2D eigenvalue weighted by Crippen LogP contribution is -2.15. The summed E-state index contributed by atoms with van der Waals surface area (Å²) in [5.74, 6) is -0.678. The number of hydrogen-bond acceptors (Lipinski definition) is 2. The molecule has 0 radical (unpaired) electrons. The van der Waals surface area contributed by atoms with Gasteiger partial charge in [0.2, 0.25) is 0 Å². The Hall–Kier alpha value is -1.94. The summed E-state index contributed by atoms with van der Waals surface area (Å²) < 4.78 is 32.2. The van der Waals surface area contributed by atoms with Gasteiger partial charge in [-0.2, -0.15) is 0 Å².